The van der Waals surface area contributed by atoms with Gasteiger partial charge in [-0.25, -0.2) is 8.78 Å². The highest BCUT2D eigenvalue weighted by molar-refractivity contribution is 5.89. The number of rotatable bonds is 5. The topological polar surface area (TPSA) is 73.5 Å². The van der Waals surface area contributed by atoms with Crippen molar-refractivity contribution >= 4 is 11.8 Å². The van der Waals surface area contributed by atoms with Crippen LogP contribution in [0, 0.1) is 0 Å². The molecule has 1 saturated heterocycles. The van der Waals surface area contributed by atoms with Crippen molar-refractivity contribution in [3.63, 3.8) is 0 Å². The predicted molar refractivity (Wildman–Crippen MR) is 89.7 cm³/mol. The number of hydrogen-bond acceptors (Lipinski definition) is 4. The highest BCUT2D eigenvalue weighted by Gasteiger charge is 2.32. The van der Waals surface area contributed by atoms with E-state index in [1.807, 2.05) is 0 Å². The van der Waals surface area contributed by atoms with E-state index in [9.17, 15) is 18.4 Å². The highest BCUT2D eigenvalue weighted by atomic mass is 19.3. The van der Waals surface area contributed by atoms with Crippen molar-refractivity contribution in [3.8, 4) is 0 Å². The summed E-state index contributed by atoms with van der Waals surface area (Å²) in [5.74, 6) is -3.41. The normalized spacial score (nSPS) is 22.4. The first kappa shape index (κ1) is 19.3. The van der Waals surface area contributed by atoms with Crippen molar-refractivity contribution in [3.05, 3.63) is 35.4 Å². The maximum absolute atomic E-state index is 13.3. The molecule has 1 aliphatic heterocycles. The van der Waals surface area contributed by atoms with Gasteiger partial charge >= 0.3 is 0 Å². The van der Waals surface area contributed by atoms with Crippen molar-refractivity contribution in [2.75, 3.05) is 14.1 Å². The monoisotopic (exact) mass is 354 g/mol. The van der Waals surface area contributed by atoms with Crippen molar-refractivity contribution in [2.45, 2.75) is 44.6 Å². The number of nitrogens with zero attached hydrogens (tertiary/aromatic N) is 1. The van der Waals surface area contributed by atoms with Crippen LogP contribution in [-0.2, 0) is 15.5 Å². The number of benzene rings is 1. The smallest absolute Gasteiger partial charge is 0.270 e. The van der Waals surface area contributed by atoms with Gasteiger partial charge in [-0.3, -0.25) is 19.8 Å². The second kappa shape index (κ2) is 7.45. The standard InChI is InChI=1S/C17H24F2N4O2/c1-10(11-5-7-12(8-6-11)17(2,18)19)20-15(25)13-9-14(24)22-16(21-13)23(3)4/h5-8,10,13,16,21H,9H2,1-4H3,(H,20,25)(H,22,24)/t10-,13?,16?/m1/s1. The lowest BCUT2D eigenvalue weighted by Gasteiger charge is -2.35. The molecule has 1 heterocycles. The van der Waals surface area contributed by atoms with Gasteiger partial charge in [0.1, 0.15) is 6.29 Å². The van der Waals surface area contributed by atoms with Crippen molar-refractivity contribution in [1.82, 2.24) is 20.9 Å². The average molecular weight is 354 g/mol. The van der Waals surface area contributed by atoms with Gasteiger partial charge in [0.2, 0.25) is 11.8 Å². The Hall–Kier alpha value is -2.06. The first-order valence-electron chi connectivity index (χ1n) is 8.08. The summed E-state index contributed by atoms with van der Waals surface area (Å²) < 4.78 is 26.5. The fourth-order valence-corrected chi connectivity index (χ4v) is 2.60. The fourth-order valence-electron chi connectivity index (χ4n) is 2.60. The van der Waals surface area contributed by atoms with E-state index in [4.69, 9.17) is 0 Å². The lowest BCUT2D eigenvalue weighted by atomic mass is 10.0. The number of alkyl halides is 2. The molecule has 25 heavy (non-hydrogen) atoms. The Morgan fingerprint density at radius 2 is 1.92 bits per heavy atom. The van der Waals surface area contributed by atoms with E-state index < -0.39 is 18.3 Å². The Morgan fingerprint density at radius 1 is 1.32 bits per heavy atom. The quantitative estimate of drug-likeness (QED) is 0.745. The molecule has 2 rings (SSSR count). The van der Waals surface area contributed by atoms with Gasteiger partial charge in [-0.2, -0.15) is 0 Å². The molecule has 1 aliphatic rings. The zero-order chi connectivity index (χ0) is 18.8. The lowest BCUT2D eigenvalue weighted by molar-refractivity contribution is -0.133. The van der Waals surface area contributed by atoms with Crippen LogP contribution in [0.3, 0.4) is 0 Å². The molecule has 1 fully saturated rings. The summed E-state index contributed by atoms with van der Waals surface area (Å²) in [7, 11) is 3.57. The zero-order valence-electron chi connectivity index (χ0n) is 14.8. The summed E-state index contributed by atoms with van der Waals surface area (Å²) in [5, 5.41) is 8.60. The molecule has 3 N–H and O–H groups in total. The lowest BCUT2D eigenvalue weighted by Crippen LogP contribution is -2.65. The van der Waals surface area contributed by atoms with E-state index in [1.54, 1.807) is 38.1 Å². The molecular weight excluding hydrogens is 330 g/mol. The summed E-state index contributed by atoms with van der Waals surface area (Å²) in [6.07, 6.45) is -0.373. The minimum Gasteiger partial charge on any atom is -0.348 e. The molecule has 0 radical (unpaired) electrons. The van der Waals surface area contributed by atoms with E-state index in [-0.39, 0.29) is 29.8 Å². The van der Waals surface area contributed by atoms with Gasteiger partial charge in [0.15, 0.2) is 0 Å². The average Bonchev–Trinajstić information content (AvgIpc) is 2.53. The van der Waals surface area contributed by atoms with Gasteiger partial charge in [-0.1, -0.05) is 24.3 Å². The van der Waals surface area contributed by atoms with Gasteiger partial charge in [-0.05, 0) is 26.6 Å². The molecule has 138 valence electrons. The van der Waals surface area contributed by atoms with Crippen LogP contribution in [0.2, 0.25) is 0 Å². The SMILES string of the molecule is C[C@@H](NC(=O)C1CC(=O)NC(N(C)C)N1)c1ccc(C(C)(F)F)cc1. The van der Waals surface area contributed by atoms with Crippen LogP contribution in [-0.4, -0.2) is 43.1 Å². The third-order valence-electron chi connectivity index (χ3n) is 4.16. The molecule has 1 aromatic carbocycles. The Balaban J connectivity index is 2.00. The highest BCUT2D eigenvalue weighted by Crippen LogP contribution is 2.27. The van der Waals surface area contributed by atoms with Crippen molar-refractivity contribution in [2.24, 2.45) is 0 Å². The van der Waals surface area contributed by atoms with Crippen LogP contribution in [0.25, 0.3) is 0 Å². The third kappa shape index (κ3) is 4.96. The maximum atomic E-state index is 13.3. The van der Waals surface area contributed by atoms with Gasteiger partial charge in [0.25, 0.3) is 5.92 Å². The van der Waals surface area contributed by atoms with Gasteiger partial charge in [-0.15, -0.1) is 0 Å². The third-order valence-corrected chi connectivity index (χ3v) is 4.16. The minimum absolute atomic E-state index is 0.0455. The molecule has 3 atom stereocenters. The van der Waals surface area contributed by atoms with Crippen LogP contribution in [0.4, 0.5) is 8.78 Å². The largest absolute Gasteiger partial charge is 0.348 e. The summed E-state index contributed by atoms with van der Waals surface area (Å²) >= 11 is 0. The number of carbonyl (C=O) groups is 2. The van der Waals surface area contributed by atoms with E-state index >= 15 is 0 Å². The zero-order valence-corrected chi connectivity index (χ0v) is 14.8. The van der Waals surface area contributed by atoms with E-state index in [0.29, 0.717) is 5.56 Å². The summed E-state index contributed by atoms with van der Waals surface area (Å²) in [5.41, 5.74) is 0.639. The van der Waals surface area contributed by atoms with Crippen LogP contribution < -0.4 is 16.0 Å². The first-order valence-corrected chi connectivity index (χ1v) is 8.08. The Labute approximate surface area is 146 Å². The van der Waals surface area contributed by atoms with Crippen LogP contribution >= 0.6 is 0 Å². The Morgan fingerprint density at radius 3 is 2.44 bits per heavy atom. The number of hydrogen-bond donors (Lipinski definition) is 3. The minimum atomic E-state index is -2.90. The number of carbonyl (C=O) groups excluding carboxylic acids is 2. The van der Waals surface area contributed by atoms with E-state index in [2.05, 4.69) is 16.0 Å². The first-order chi connectivity index (χ1) is 11.6. The molecule has 6 nitrogen and oxygen atoms in total. The second-order valence-corrected chi connectivity index (χ2v) is 6.60. The molecule has 0 aliphatic carbocycles. The summed E-state index contributed by atoms with van der Waals surface area (Å²) in [4.78, 5) is 25.9. The van der Waals surface area contributed by atoms with Crippen LogP contribution in [0.15, 0.2) is 24.3 Å². The molecule has 0 bridgehead atoms. The molecule has 2 amide bonds. The molecule has 8 heteroatoms. The number of halogens is 2. The molecule has 0 spiro atoms. The molecule has 0 saturated carbocycles. The molecule has 2 unspecified atom stereocenters. The fraction of sp³-hybridized carbons (Fsp3) is 0.529. The summed E-state index contributed by atoms with van der Waals surface area (Å²) in [6.45, 7) is 2.61. The van der Waals surface area contributed by atoms with Crippen LogP contribution in [0.5, 0.6) is 0 Å². The van der Waals surface area contributed by atoms with Gasteiger partial charge < -0.3 is 10.6 Å². The van der Waals surface area contributed by atoms with Crippen LogP contribution in [0.1, 0.15) is 37.4 Å². The van der Waals surface area contributed by atoms with Gasteiger partial charge in [0.05, 0.1) is 18.5 Å². The second-order valence-electron chi connectivity index (χ2n) is 6.60. The Kier molecular flexibility index (Phi) is 5.74. The molecule has 0 aromatic heterocycles. The molecule has 1 aromatic rings. The van der Waals surface area contributed by atoms with E-state index in [1.165, 1.54) is 12.1 Å². The van der Waals surface area contributed by atoms with Crippen molar-refractivity contribution in [1.29, 1.82) is 0 Å². The van der Waals surface area contributed by atoms with Gasteiger partial charge in [0, 0.05) is 12.5 Å². The molecular formula is C17H24F2N4O2. The van der Waals surface area contributed by atoms with E-state index in [0.717, 1.165) is 6.92 Å². The predicted octanol–water partition coefficient (Wildman–Crippen LogP) is 1.30. The number of nitrogens with one attached hydrogen (secondary N) is 3. The van der Waals surface area contributed by atoms with Crippen molar-refractivity contribution < 1.29 is 18.4 Å². The summed E-state index contributed by atoms with van der Waals surface area (Å²) in [6, 6.07) is 4.83. The number of amides is 2. The maximum Gasteiger partial charge on any atom is 0.270 e. The Bertz CT molecular complexity index is 629.